The largest absolute Gasteiger partial charge is 0.396 e. The minimum Gasteiger partial charge on any atom is -0.396 e. The first kappa shape index (κ1) is 15.2. The second-order valence-corrected chi connectivity index (χ2v) is 6.26. The molecule has 0 spiro atoms. The van der Waals surface area contributed by atoms with E-state index in [-0.39, 0.29) is 12.4 Å². The second kappa shape index (κ2) is 9.45. The number of thioether (sulfide) groups is 1. The van der Waals surface area contributed by atoms with Crippen molar-refractivity contribution in [2.75, 3.05) is 30.9 Å². The molecule has 92 valence electrons. The van der Waals surface area contributed by atoms with Crippen molar-refractivity contribution in [3.63, 3.8) is 0 Å². The molecule has 0 unspecified atom stereocenters. The highest BCUT2D eigenvalue weighted by atomic mass is 32.2. The van der Waals surface area contributed by atoms with Crippen molar-refractivity contribution in [1.29, 1.82) is 0 Å². The van der Waals surface area contributed by atoms with Crippen molar-refractivity contribution in [1.82, 2.24) is 4.72 Å². The van der Waals surface area contributed by atoms with E-state index in [2.05, 4.69) is 4.72 Å². The lowest BCUT2D eigenvalue weighted by Crippen LogP contribution is -2.27. The Morgan fingerprint density at radius 3 is 2.53 bits per heavy atom. The number of rotatable bonds is 10. The van der Waals surface area contributed by atoms with Gasteiger partial charge in [0.2, 0.25) is 10.0 Å². The predicted octanol–water partition coefficient (Wildman–Crippen LogP) is 0.821. The first-order valence-corrected chi connectivity index (χ1v) is 8.24. The van der Waals surface area contributed by atoms with Crippen LogP contribution in [0.3, 0.4) is 0 Å². The Labute approximate surface area is 96.9 Å². The van der Waals surface area contributed by atoms with Crippen LogP contribution in [-0.4, -0.2) is 44.4 Å². The Morgan fingerprint density at radius 1 is 1.20 bits per heavy atom. The second-order valence-electron chi connectivity index (χ2n) is 3.34. The fourth-order valence-electron chi connectivity index (χ4n) is 1.08. The molecule has 0 atom stereocenters. The quantitative estimate of drug-likeness (QED) is 0.567. The fraction of sp³-hybridized carbons (Fsp3) is 1.00. The third-order valence-corrected chi connectivity index (χ3v) is 4.09. The molecule has 0 aromatic rings. The Bertz CT molecular complexity index is 230. The van der Waals surface area contributed by atoms with Crippen LogP contribution in [0.2, 0.25) is 0 Å². The lowest BCUT2D eigenvalue weighted by Gasteiger charge is -2.05. The summed E-state index contributed by atoms with van der Waals surface area (Å²) >= 11 is 1.77. The van der Waals surface area contributed by atoms with E-state index in [0.717, 1.165) is 18.6 Å². The van der Waals surface area contributed by atoms with Crippen molar-refractivity contribution >= 4 is 21.8 Å². The zero-order valence-electron chi connectivity index (χ0n) is 9.24. The molecule has 15 heavy (non-hydrogen) atoms. The third kappa shape index (κ3) is 10.5. The number of nitrogens with one attached hydrogen (secondary N) is 1. The molecule has 0 aromatic carbocycles. The van der Waals surface area contributed by atoms with Gasteiger partial charge in [-0.1, -0.05) is 0 Å². The lowest BCUT2D eigenvalue weighted by atomic mass is 10.3. The number of hydrogen-bond donors (Lipinski definition) is 2. The monoisotopic (exact) mass is 255 g/mol. The highest BCUT2D eigenvalue weighted by Crippen LogP contribution is 1.99. The van der Waals surface area contributed by atoms with Gasteiger partial charge in [0.15, 0.2) is 0 Å². The maximum atomic E-state index is 11.3. The van der Waals surface area contributed by atoms with Gasteiger partial charge >= 0.3 is 0 Å². The maximum Gasteiger partial charge on any atom is 0.211 e. The van der Waals surface area contributed by atoms with Crippen LogP contribution in [0.25, 0.3) is 0 Å². The van der Waals surface area contributed by atoms with E-state index in [1.54, 1.807) is 11.8 Å². The van der Waals surface area contributed by atoms with Crippen LogP contribution < -0.4 is 4.72 Å². The molecule has 0 amide bonds. The summed E-state index contributed by atoms with van der Waals surface area (Å²) in [6.07, 6.45) is 5.05. The summed E-state index contributed by atoms with van der Waals surface area (Å²) in [5, 5.41) is 8.52. The Morgan fingerprint density at radius 2 is 1.93 bits per heavy atom. The minimum absolute atomic E-state index is 0.0588. The topological polar surface area (TPSA) is 66.4 Å². The number of sulfonamides is 1. The van der Waals surface area contributed by atoms with Gasteiger partial charge < -0.3 is 5.11 Å². The molecule has 6 heteroatoms. The van der Waals surface area contributed by atoms with Crippen LogP contribution in [0.4, 0.5) is 0 Å². The van der Waals surface area contributed by atoms with E-state index in [9.17, 15) is 8.42 Å². The van der Waals surface area contributed by atoms with Gasteiger partial charge in [0.05, 0.1) is 5.75 Å². The standard InChI is InChI=1S/C9H21NO3S2/c1-14-8-4-2-6-10-15(12,13)9-5-3-7-11/h10-11H,2-9H2,1H3. The minimum atomic E-state index is -3.11. The Balaban J connectivity index is 3.47. The molecule has 0 saturated heterocycles. The maximum absolute atomic E-state index is 11.3. The summed E-state index contributed by atoms with van der Waals surface area (Å²) in [7, 11) is -3.11. The average molecular weight is 255 g/mol. The fourth-order valence-corrected chi connectivity index (χ4v) is 2.75. The van der Waals surface area contributed by atoms with E-state index in [4.69, 9.17) is 5.11 Å². The Kier molecular flexibility index (Phi) is 9.58. The van der Waals surface area contributed by atoms with Gasteiger partial charge in [-0.05, 0) is 37.7 Å². The molecule has 0 aliphatic heterocycles. The molecule has 0 aromatic heterocycles. The van der Waals surface area contributed by atoms with Gasteiger partial charge in [-0.15, -0.1) is 0 Å². The van der Waals surface area contributed by atoms with E-state index in [0.29, 0.717) is 19.4 Å². The number of hydrogen-bond acceptors (Lipinski definition) is 4. The summed E-state index contributed by atoms with van der Waals surface area (Å²) in [6.45, 7) is 0.589. The number of unbranched alkanes of at least 4 members (excludes halogenated alkanes) is 2. The van der Waals surface area contributed by atoms with Crippen LogP contribution in [-0.2, 0) is 10.0 Å². The zero-order valence-corrected chi connectivity index (χ0v) is 10.9. The summed E-state index contributed by atoms with van der Waals surface area (Å²) in [6, 6.07) is 0. The normalized spacial score (nSPS) is 11.9. The van der Waals surface area contributed by atoms with Crippen molar-refractivity contribution in [2.24, 2.45) is 0 Å². The van der Waals surface area contributed by atoms with E-state index >= 15 is 0 Å². The van der Waals surface area contributed by atoms with Gasteiger partial charge in [-0.25, -0.2) is 13.1 Å². The lowest BCUT2D eigenvalue weighted by molar-refractivity contribution is 0.287. The van der Waals surface area contributed by atoms with Crippen molar-refractivity contribution in [3.8, 4) is 0 Å². The first-order chi connectivity index (χ1) is 7.12. The predicted molar refractivity (Wildman–Crippen MR) is 65.7 cm³/mol. The average Bonchev–Trinajstić information content (AvgIpc) is 2.17. The van der Waals surface area contributed by atoms with Gasteiger partial charge in [-0.3, -0.25) is 0 Å². The molecule has 2 N–H and O–H groups in total. The van der Waals surface area contributed by atoms with E-state index in [1.807, 2.05) is 6.26 Å². The Hall–Kier alpha value is 0.220. The van der Waals surface area contributed by atoms with Crippen molar-refractivity contribution < 1.29 is 13.5 Å². The first-order valence-electron chi connectivity index (χ1n) is 5.19. The summed E-state index contributed by atoms with van der Waals surface area (Å²) in [5.74, 6) is 1.20. The molecule has 0 bridgehead atoms. The van der Waals surface area contributed by atoms with Gasteiger partial charge in [0.1, 0.15) is 0 Å². The van der Waals surface area contributed by atoms with E-state index in [1.165, 1.54) is 0 Å². The van der Waals surface area contributed by atoms with Crippen LogP contribution in [0.5, 0.6) is 0 Å². The SMILES string of the molecule is CSCCCCNS(=O)(=O)CCCCO. The molecule has 0 rings (SSSR count). The van der Waals surface area contributed by atoms with Crippen LogP contribution in [0.1, 0.15) is 25.7 Å². The van der Waals surface area contributed by atoms with E-state index < -0.39 is 10.0 Å². The molecule has 0 saturated carbocycles. The van der Waals surface area contributed by atoms with Gasteiger partial charge in [-0.2, -0.15) is 11.8 Å². The van der Waals surface area contributed by atoms with Crippen LogP contribution >= 0.6 is 11.8 Å². The smallest absolute Gasteiger partial charge is 0.211 e. The van der Waals surface area contributed by atoms with Gasteiger partial charge in [0.25, 0.3) is 0 Å². The molecule has 0 heterocycles. The summed E-state index contributed by atoms with van der Waals surface area (Å²) in [4.78, 5) is 0. The summed E-state index contributed by atoms with van der Waals surface area (Å²) in [5.41, 5.74) is 0. The zero-order chi connectivity index (χ0) is 11.6. The molecular weight excluding hydrogens is 234 g/mol. The molecule has 4 nitrogen and oxygen atoms in total. The van der Waals surface area contributed by atoms with Gasteiger partial charge in [0, 0.05) is 13.2 Å². The van der Waals surface area contributed by atoms with Crippen molar-refractivity contribution in [2.45, 2.75) is 25.7 Å². The van der Waals surface area contributed by atoms with Crippen LogP contribution in [0, 0.1) is 0 Å². The number of aliphatic hydroxyl groups is 1. The highest BCUT2D eigenvalue weighted by molar-refractivity contribution is 7.98. The molecule has 0 radical (unpaired) electrons. The molecule has 0 aliphatic rings. The molecular formula is C9H21NO3S2. The van der Waals surface area contributed by atoms with Crippen LogP contribution in [0.15, 0.2) is 0 Å². The van der Waals surface area contributed by atoms with Crippen molar-refractivity contribution in [3.05, 3.63) is 0 Å². The summed E-state index contributed by atoms with van der Waals surface area (Å²) < 4.78 is 25.2. The highest BCUT2D eigenvalue weighted by Gasteiger charge is 2.07. The third-order valence-electron chi connectivity index (χ3n) is 1.92. The molecule has 0 aliphatic carbocycles. The number of aliphatic hydroxyl groups excluding tert-OH is 1. The molecule has 0 fully saturated rings.